The van der Waals surface area contributed by atoms with Crippen molar-refractivity contribution in [2.24, 2.45) is 0 Å². The highest BCUT2D eigenvalue weighted by atomic mass is 32.2. The minimum Gasteiger partial charge on any atom is -0.484 e. The van der Waals surface area contributed by atoms with Crippen molar-refractivity contribution in [2.45, 2.75) is 31.3 Å². The molecular formula is C19H19N3O4S3. The fraction of sp³-hybridized carbons (Fsp3) is 0.263. The van der Waals surface area contributed by atoms with E-state index in [9.17, 15) is 13.2 Å². The van der Waals surface area contributed by atoms with Gasteiger partial charge in [-0.15, -0.1) is 22.7 Å². The van der Waals surface area contributed by atoms with Crippen LogP contribution in [0.25, 0.3) is 10.6 Å². The molecule has 0 aliphatic carbocycles. The smallest absolute Gasteiger partial charge is 0.263 e. The summed E-state index contributed by atoms with van der Waals surface area (Å²) in [6.07, 6.45) is 0. The molecule has 0 spiro atoms. The zero-order valence-electron chi connectivity index (χ0n) is 16.0. The van der Waals surface area contributed by atoms with Crippen molar-refractivity contribution in [3.05, 3.63) is 41.1 Å². The van der Waals surface area contributed by atoms with Crippen LogP contribution in [0.5, 0.6) is 5.75 Å². The van der Waals surface area contributed by atoms with Gasteiger partial charge in [0.1, 0.15) is 11.4 Å². The second-order valence-electron chi connectivity index (χ2n) is 7.22. The van der Waals surface area contributed by atoms with Crippen molar-refractivity contribution in [2.75, 3.05) is 16.2 Å². The number of amides is 1. The molecule has 152 valence electrons. The van der Waals surface area contributed by atoms with Crippen LogP contribution in [0, 0.1) is 0 Å². The number of carbonyl (C=O) groups is 1. The molecule has 0 atom stereocenters. The summed E-state index contributed by atoms with van der Waals surface area (Å²) < 4.78 is 34.2. The summed E-state index contributed by atoms with van der Waals surface area (Å²) in [6.45, 7) is 5.55. The Morgan fingerprint density at radius 3 is 2.76 bits per heavy atom. The first kappa shape index (κ1) is 19.9. The molecule has 1 N–H and O–H groups in total. The molecule has 1 aliphatic rings. The summed E-state index contributed by atoms with van der Waals surface area (Å²) in [4.78, 5) is 19.0. The molecule has 0 unspecified atom stereocenters. The molecule has 3 aromatic rings. The molecule has 0 fully saturated rings. The van der Waals surface area contributed by atoms with E-state index in [1.165, 1.54) is 46.6 Å². The van der Waals surface area contributed by atoms with Crippen LogP contribution in [0.3, 0.4) is 0 Å². The maximum absolute atomic E-state index is 12.9. The number of nitrogens with one attached hydrogen (secondary N) is 1. The van der Waals surface area contributed by atoms with Gasteiger partial charge in [-0.25, -0.2) is 13.4 Å². The Morgan fingerprint density at radius 2 is 2.07 bits per heavy atom. The van der Waals surface area contributed by atoms with Gasteiger partial charge in [-0.1, -0.05) is 6.07 Å². The number of thiophene rings is 1. The van der Waals surface area contributed by atoms with Crippen molar-refractivity contribution < 1.29 is 17.9 Å². The average Bonchev–Trinajstić information content (AvgIpc) is 3.31. The molecule has 1 aliphatic heterocycles. The molecule has 0 radical (unpaired) electrons. The monoisotopic (exact) mass is 449 g/mol. The number of anilines is 2. The zero-order chi connectivity index (χ0) is 20.8. The molecule has 7 nitrogen and oxygen atoms in total. The fourth-order valence-corrected chi connectivity index (χ4v) is 5.81. The number of ether oxygens (including phenoxy) is 1. The summed E-state index contributed by atoms with van der Waals surface area (Å²) in [6, 6.07) is 8.36. The Morgan fingerprint density at radius 1 is 1.28 bits per heavy atom. The number of hydrogen-bond acceptors (Lipinski definition) is 7. The largest absolute Gasteiger partial charge is 0.484 e. The Kier molecular flexibility index (Phi) is 4.88. The van der Waals surface area contributed by atoms with Gasteiger partial charge in [-0.2, -0.15) is 0 Å². The maximum Gasteiger partial charge on any atom is 0.263 e. The summed E-state index contributed by atoms with van der Waals surface area (Å²) >= 11 is 2.76. The summed E-state index contributed by atoms with van der Waals surface area (Å²) in [5.74, 6) is 0.301. The predicted molar refractivity (Wildman–Crippen MR) is 115 cm³/mol. The van der Waals surface area contributed by atoms with E-state index in [1.807, 2.05) is 36.7 Å². The standard InChI is InChI=1S/C19H19N3O4S3/c1-12(23)22-11-19(2,3)26-16-7-6-13(9-15(16)22)29(24,25)21-18-20-14(10-28-18)17-5-4-8-27-17/h4-10H,11H2,1-3H3,(H,20,21). The van der Waals surface area contributed by atoms with Gasteiger partial charge in [-0.05, 0) is 43.5 Å². The van der Waals surface area contributed by atoms with Crippen molar-refractivity contribution in [1.29, 1.82) is 0 Å². The summed E-state index contributed by atoms with van der Waals surface area (Å²) in [5, 5.41) is 4.03. The van der Waals surface area contributed by atoms with Gasteiger partial charge >= 0.3 is 0 Å². The molecule has 0 saturated carbocycles. The lowest BCUT2D eigenvalue weighted by molar-refractivity contribution is -0.117. The third-order valence-electron chi connectivity index (χ3n) is 4.34. The van der Waals surface area contributed by atoms with Gasteiger partial charge < -0.3 is 9.64 Å². The van der Waals surface area contributed by atoms with Gasteiger partial charge in [0.15, 0.2) is 5.13 Å². The Hall–Kier alpha value is -2.43. The van der Waals surface area contributed by atoms with Crippen molar-refractivity contribution in [1.82, 2.24) is 4.98 Å². The first-order chi connectivity index (χ1) is 13.6. The van der Waals surface area contributed by atoms with E-state index in [2.05, 4.69) is 9.71 Å². The van der Waals surface area contributed by atoms with Gasteiger partial charge in [0, 0.05) is 12.3 Å². The Balaban J connectivity index is 1.64. The molecular weight excluding hydrogens is 430 g/mol. The number of sulfonamides is 1. The lowest BCUT2D eigenvalue weighted by Gasteiger charge is -2.39. The van der Waals surface area contributed by atoms with Crippen molar-refractivity contribution in [3.8, 4) is 16.3 Å². The van der Waals surface area contributed by atoms with E-state index in [1.54, 1.807) is 6.07 Å². The van der Waals surface area contributed by atoms with E-state index >= 15 is 0 Å². The topological polar surface area (TPSA) is 88.6 Å². The van der Waals surface area contributed by atoms with Crippen LogP contribution in [0.1, 0.15) is 20.8 Å². The highest BCUT2D eigenvalue weighted by molar-refractivity contribution is 7.93. The van der Waals surface area contributed by atoms with Gasteiger partial charge in [0.25, 0.3) is 10.0 Å². The van der Waals surface area contributed by atoms with Crippen LogP contribution in [-0.4, -0.2) is 31.5 Å². The second kappa shape index (κ2) is 7.12. The van der Waals surface area contributed by atoms with Gasteiger partial charge in [0.05, 0.1) is 27.7 Å². The molecule has 10 heteroatoms. The van der Waals surface area contributed by atoms with E-state index < -0.39 is 15.6 Å². The quantitative estimate of drug-likeness (QED) is 0.645. The first-order valence-corrected chi connectivity index (χ1v) is 12.0. The zero-order valence-corrected chi connectivity index (χ0v) is 18.5. The number of hydrogen-bond donors (Lipinski definition) is 1. The number of rotatable bonds is 4. The highest BCUT2D eigenvalue weighted by Crippen LogP contribution is 2.39. The van der Waals surface area contributed by atoms with Crippen LogP contribution in [0.4, 0.5) is 10.8 Å². The number of thiazole rings is 1. The number of nitrogens with zero attached hydrogens (tertiary/aromatic N) is 2. The number of aromatic nitrogens is 1. The SMILES string of the molecule is CC(=O)N1CC(C)(C)Oc2ccc(S(=O)(=O)Nc3nc(-c4cccs4)cs3)cc21. The molecule has 3 heterocycles. The molecule has 0 bridgehead atoms. The van der Waals surface area contributed by atoms with E-state index in [4.69, 9.17) is 4.74 Å². The normalized spacial score (nSPS) is 15.5. The molecule has 2 aromatic heterocycles. The van der Waals surface area contributed by atoms with Crippen LogP contribution < -0.4 is 14.4 Å². The van der Waals surface area contributed by atoms with Gasteiger partial charge in [0.2, 0.25) is 5.91 Å². The highest BCUT2D eigenvalue weighted by Gasteiger charge is 2.34. The Labute approximate surface area is 177 Å². The van der Waals surface area contributed by atoms with Crippen molar-refractivity contribution in [3.63, 3.8) is 0 Å². The summed E-state index contributed by atoms with van der Waals surface area (Å²) in [7, 11) is -3.87. The molecule has 4 rings (SSSR count). The molecule has 0 saturated heterocycles. The first-order valence-electron chi connectivity index (χ1n) is 8.78. The van der Waals surface area contributed by atoms with E-state index in [0.29, 0.717) is 18.0 Å². The van der Waals surface area contributed by atoms with Crippen LogP contribution in [0.15, 0.2) is 46.0 Å². The van der Waals surface area contributed by atoms with Crippen LogP contribution in [0.2, 0.25) is 0 Å². The van der Waals surface area contributed by atoms with Crippen LogP contribution in [-0.2, 0) is 14.8 Å². The minimum absolute atomic E-state index is 0.0404. The number of carbonyl (C=O) groups excluding carboxylic acids is 1. The number of benzene rings is 1. The maximum atomic E-state index is 12.9. The number of fused-ring (bicyclic) bond motifs is 1. The van der Waals surface area contributed by atoms with Gasteiger partial charge in [-0.3, -0.25) is 9.52 Å². The van der Waals surface area contributed by atoms with E-state index in [-0.39, 0.29) is 15.9 Å². The second-order valence-corrected chi connectivity index (χ2v) is 10.7. The fourth-order valence-electron chi connectivity index (χ4n) is 3.07. The third kappa shape index (κ3) is 4.00. The van der Waals surface area contributed by atoms with Crippen LogP contribution >= 0.6 is 22.7 Å². The molecule has 29 heavy (non-hydrogen) atoms. The third-order valence-corrected chi connectivity index (χ3v) is 7.45. The molecule has 1 amide bonds. The lowest BCUT2D eigenvalue weighted by atomic mass is 10.1. The average molecular weight is 450 g/mol. The molecule has 1 aromatic carbocycles. The Bertz CT molecular complexity index is 1170. The van der Waals surface area contributed by atoms with Crippen molar-refractivity contribution >= 4 is 49.4 Å². The summed E-state index contributed by atoms with van der Waals surface area (Å²) in [5.41, 5.74) is 0.612. The lowest BCUT2D eigenvalue weighted by Crippen LogP contribution is -2.48. The van der Waals surface area contributed by atoms with E-state index in [0.717, 1.165) is 10.6 Å². The predicted octanol–water partition coefficient (Wildman–Crippen LogP) is 4.20. The minimum atomic E-state index is -3.87.